The van der Waals surface area contributed by atoms with Crippen LogP contribution >= 0.6 is 0 Å². The molecular formula is C26H30FN5O4. The molecule has 1 aromatic carbocycles. The average Bonchev–Trinajstić information content (AvgIpc) is 3.25. The molecule has 10 heteroatoms. The van der Waals surface area contributed by atoms with E-state index in [4.69, 9.17) is 5.11 Å². The van der Waals surface area contributed by atoms with Crippen LogP contribution in [0.5, 0.6) is 0 Å². The molecule has 0 bridgehead atoms. The molecule has 1 fully saturated rings. The van der Waals surface area contributed by atoms with Crippen LogP contribution in [-0.2, 0) is 9.59 Å². The number of carbonyl (C=O) groups is 3. The van der Waals surface area contributed by atoms with Crippen molar-refractivity contribution in [1.82, 2.24) is 24.4 Å². The molecule has 9 nitrogen and oxygen atoms in total. The second kappa shape index (κ2) is 9.67. The zero-order valence-electron chi connectivity index (χ0n) is 20.9. The summed E-state index contributed by atoms with van der Waals surface area (Å²) in [5, 5.41) is 13.5. The number of aromatic nitrogens is 3. The van der Waals surface area contributed by atoms with E-state index in [9.17, 15) is 18.8 Å². The lowest BCUT2D eigenvalue weighted by molar-refractivity contribution is -0.142. The number of fused-ring (bicyclic) bond motifs is 1. The first-order valence-electron chi connectivity index (χ1n) is 11.9. The van der Waals surface area contributed by atoms with Crippen LogP contribution in [0.25, 0.3) is 16.9 Å². The van der Waals surface area contributed by atoms with Crippen molar-refractivity contribution in [2.45, 2.75) is 52.0 Å². The fourth-order valence-electron chi connectivity index (χ4n) is 4.55. The minimum atomic E-state index is -1.01. The van der Waals surface area contributed by atoms with Gasteiger partial charge in [0.15, 0.2) is 5.65 Å². The fourth-order valence-corrected chi connectivity index (χ4v) is 4.55. The summed E-state index contributed by atoms with van der Waals surface area (Å²) < 4.78 is 15.0. The van der Waals surface area contributed by atoms with E-state index in [-0.39, 0.29) is 42.1 Å². The summed E-state index contributed by atoms with van der Waals surface area (Å²) in [5.74, 6) is -1.73. The van der Waals surface area contributed by atoms with Gasteiger partial charge in [-0.25, -0.2) is 13.9 Å². The first kappa shape index (κ1) is 25.3. The van der Waals surface area contributed by atoms with Crippen molar-refractivity contribution < 1.29 is 23.9 Å². The molecule has 190 valence electrons. The Kier molecular flexibility index (Phi) is 6.79. The van der Waals surface area contributed by atoms with Crippen molar-refractivity contribution in [3.63, 3.8) is 0 Å². The molecule has 3 heterocycles. The Morgan fingerprint density at radius 3 is 2.42 bits per heavy atom. The van der Waals surface area contributed by atoms with E-state index in [0.29, 0.717) is 31.0 Å². The Bertz CT molecular complexity index is 1320. The van der Waals surface area contributed by atoms with Crippen molar-refractivity contribution >= 4 is 23.4 Å². The molecule has 0 unspecified atom stereocenters. The van der Waals surface area contributed by atoms with E-state index in [1.54, 1.807) is 32.6 Å². The summed E-state index contributed by atoms with van der Waals surface area (Å²) in [5.41, 5.74) is 2.48. The molecule has 0 atom stereocenters. The van der Waals surface area contributed by atoms with Crippen LogP contribution in [0.2, 0.25) is 0 Å². The molecule has 2 amide bonds. The number of aliphatic carboxylic acids is 1. The molecule has 0 aliphatic carbocycles. The highest BCUT2D eigenvalue weighted by molar-refractivity contribution is 5.94. The predicted molar refractivity (Wildman–Crippen MR) is 131 cm³/mol. The number of halogens is 1. The van der Waals surface area contributed by atoms with Crippen LogP contribution in [0, 0.1) is 5.82 Å². The number of benzene rings is 1. The molecule has 1 saturated heterocycles. The normalized spacial score (nSPS) is 15.5. The summed E-state index contributed by atoms with van der Waals surface area (Å²) in [6, 6.07) is 8.01. The highest BCUT2D eigenvalue weighted by atomic mass is 19.1. The van der Waals surface area contributed by atoms with E-state index in [0.717, 1.165) is 11.1 Å². The Labute approximate surface area is 208 Å². The summed E-state index contributed by atoms with van der Waals surface area (Å²) in [7, 11) is 0. The number of carboxylic acids is 1. The number of amides is 2. The van der Waals surface area contributed by atoms with Crippen molar-refractivity contribution in [2.24, 2.45) is 0 Å². The SMILES string of the molecule is CC(C)c1cc(-c2ccc(F)cc2)nn2cc(C(=O)N3CCN(C(=O)CCC(=O)O)CC3(C)C)nc12. The van der Waals surface area contributed by atoms with Gasteiger partial charge in [-0.05, 0) is 50.1 Å². The van der Waals surface area contributed by atoms with E-state index >= 15 is 0 Å². The predicted octanol–water partition coefficient (Wildman–Crippen LogP) is 3.59. The summed E-state index contributed by atoms with van der Waals surface area (Å²) >= 11 is 0. The lowest BCUT2D eigenvalue weighted by Crippen LogP contribution is -2.62. The molecule has 0 radical (unpaired) electrons. The molecular weight excluding hydrogens is 465 g/mol. The number of hydrogen-bond donors (Lipinski definition) is 1. The van der Waals surface area contributed by atoms with Crippen molar-refractivity contribution in [2.75, 3.05) is 19.6 Å². The number of carboxylic acid groups (broad SMARTS) is 1. The van der Waals surface area contributed by atoms with E-state index in [1.165, 1.54) is 12.1 Å². The maximum atomic E-state index is 13.5. The topological polar surface area (TPSA) is 108 Å². The van der Waals surface area contributed by atoms with Gasteiger partial charge in [-0.2, -0.15) is 5.10 Å². The smallest absolute Gasteiger partial charge is 0.303 e. The van der Waals surface area contributed by atoms with Crippen molar-refractivity contribution in [1.29, 1.82) is 0 Å². The van der Waals surface area contributed by atoms with Crippen LogP contribution in [-0.4, -0.2) is 72.5 Å². The zero-order valence-corrected chi connectivity index (χ0v) is 20.9. The summed E-state index contributed by atoms with van der Waals surface area (Å²) in [6.07, 6.45) is 1.33. The number of imidazole rings is 1. The Hall–Kier alpha value is -3.82. The number of nitrogens with zero attached hydrogens (tertiary/aromatic N) is 5. The third-order valence-electron chi connectivity index (χ3n) is 6.49. The van der Waals surface area contributed by atoms with Crippen LogP contribution in [0.4, 0.5) is 4.39 Å². The van der Waals surface area contributed by atoms with Gasteiger partial charge in [0.2, 0.25) is 5.91 Å². The second-order valence-corrected chi connectivity index (χ2v) is 10.0. The molecule has 4 rings (SSSR count). The highest BCUT2D eigenvalue weighted by Gasteiger charge is 2.39. The molecule has 1 N–H and O–H groups in total. The number of hydrogen-bond acceptors (Lipinski definition) is 5. The van der Waals surface area contributed by atoms with Crippen LogP contribution in [0.3, 0.4) is 0 Å². The molecule has 3 aromatic rings. The third-order valence-corrected chi connectivity index (χ3v) is 6.49. The highest BCUT2D eigenvalue weighted by Crippen LogP contribution is 2.28. The standard InChI is InChI=1S/C26H30FN5O4/c1-16(2)19-13-20(17-5-7-18(27)8-6-17)29-32-14-21(28-24(19)32)25(36)31-12-11-30(15-26(31,3)4)22(33)9-10-23(34)35/h5-8,13-14,16H,9-12,15H2,1-4H3,(H,34,35). The number of carbonyl (C=O) groups excluding carboxylic acids is 2. The average molecular weight is 496 g/mol. The van der Waals surface area contributed by atoms with Gasteiger partial charge in [0.25, 0.3) is 5.91 Å². The summed E-state index contributed by atoms with van der Waals surface area (Å²) in [4.78, 5) is 44.7. The van der Waals surface area contributed by atoms with Gasteiger partial charge < -0.3 is 14.9 Å². The molecule has 1 aliphatic rings. The van der Waals surface area contributed by atoms with Gasteiger partial charge in [0.1, 0.15) is 11.5 Å². The molecule has 0 saturated carbocycles. The van der Waals surface area contributed by atoms with Gasteiger partial charge in [0, 0.05) is 37.2 Å². The molecule has 1 aliphatic heterocycles. The Morgan fingerprint density at radius 2 is 1.81 bits per heavy atom. The quantitative estimate of drug-likeness (QED) is 0.560. The van der Waals surface area contributed by atoms with Crippen molar-refractivity contribution in [3.05, 3.63) is 53.6 Å². The zero-order chi connectivity index (χ0) is 26.2. The number of rotatable bonds is 6. The Morgan fingerprint density at radius 1 is 1.11 bits per heavy atom. The van der Waals surface area contributed by atoms with Gasteiger partial charge in [-0.1, -0.05) is 13.8 Å². The monoisotopic (exact) mass is 495 g/mol. The number of piperazine rings is 1. The van der Waals surface area contributed by atoms with Crippen LogP contribution in [0.1, 0.15) is 62.5 Å². The van der Waals surface area contributed by atoms with Crippen molar-refractivity contribution in [3.8, 4) is 11.3 Å². The van der Waals surface area contributed by atoms with Crippen LogP contribution in [0.15, 0.2) is 36.5 Å². The van der Waals surface area contributed by atoms with Gasteiger partial charge in [-0.15, -0.1) is 0 Å². The third kappa shape index (κ3) is 5.07. The molecule has 2 aromatic heterocycles. The van der Waals surface area contributed by atoms with E-state index < -0.39 is 11.5 Å². The maximum absolute atomic E-state index is 13.5. The van der Waals surface area contributed by atoms with Gasteiger partial charge in [-0.3, -0.25) is 14.4 Å². The first-order valence-corrected chi connectivity index (χ1v) is 11.9. The second-order valence-electron chi connectivity index (χ2n) is 10.0. The van der Waals surface area contributed by atoms with Gasteiger partial charge >= 0.3 is 5.97 Å². The lowest BCUT2D eigenvalue weighted by Gasteiger charge is -2.46. The molecule has 36 heavy (non-hydrogen) atoms. The lowest BCUT2D eigenvalue weighted by atomic mass is 9.97. The largest absolute Gasteiger partial charge is 0.481 e. The van der Waals surface area contributed by atoms with Gasteiger partial charge in [0.05, 0.1) is 23.9 Å². The minimum absolute atomic E-state index is 0.0637. The maximum Gasteiger partial charge on any atom is 0.303 e. The fraction of sp³-hybridized carbons (Fsp3) is 0.423. The van der Waals surface area contributed by atoms with E-state index in [2.05, 4.69) is 10.1 Å². The van der Waals surface area contributed by atoms with E-state index in [1.807, 2.05) is 33.8 Å². The first-order chi connectivity index (χ1) is 17.0. The summed E-state index contributed by atoms with van der Waals surface area (Å²) in [6.45, 7) is 8.75. The minimum Gasteiger partial charge on any atom is -0.481 e. The Balaban J connectivity index is 1.61. The van der Waals surface area contributed by atoms with Crippen LogP contribution < -0.4 is 0 Å². The molecule has 0 spiro atoms.